The Morgan fingerprint density at radius 2 is 2.00 bits per heavy atom. The van der Waals surface area contributed by atoms with Crippen LogP contribution in [0.3, 0.4) is 0 Å². The quantitative estimate of drug-likeness (QED) is 0.458. The Labute approximate surface area is 160 Å². The number of nitrogens with one attached hydrogen (secondary N) is 1. The summed E-state index contributed by atoms with van der Waals surface area (Å²) < 4.78 is 1.01. The number of H-pyrrole nitrogens is 1. The molecule has 0 aliphatic carbocycles. The maximum atomic E-state index is 12.6. The van der Waals surface area contributed by atoms with E-state index in [9.17, 15) is 4.79 Å². The van der Waals surface area contributed by atoms with Crippen LogP contribution >= 0.6 is 39.0 Å². The summed E-state index contributed by atoms with van der Waals surface area (Å²) in [5, 5.41) is 3.55. The number of benzene rings is 1. The highest BCUT2D eigenvalue weighted by atomic mass is 79.9. The highest BCUT2D eigenvalue weighted by Gasteiger charge is 2.13. The lowest BCUT2D eigenvalue weighted by Gasteiger charge is -2.02. The van der Waals surface area contributed by atoms with E-state index in [4.69, 9.17) is 0 Å². The Morgan fingerprint density at radius 1 is 1.16 bits per heavy atom. The van der Waals surface area contributed by atoms with Gasteiger partial charge in [0.15, 0.2) is 0 Å². The molecule has 4 aromatic rings. The molecule has 0 spiro atoms. The van der Waals surface area contributed by atoms with E-state index >= 15 is 0 Å². The van der Waals surface area contributed by atoms with Crippen LogP contribution in [0.2, 0.25) is 0 Å². The lowest BCUT2D eigenvalue weighted by molar-refractivity contribution is 1.04. The van der Waals surface area contributed by atoms with Crippen LogP contribution in [0.4, 0.5) is 0 Å². The third-order valence-corrected chi connectivity index (χ3v) is 6.00. The van der Waals surface area contributed by atoms with E-state index in [-0.39, 0.29) is 5.56 Å². The van der Waals surface area contributed by atoms with Crippen LogP contribution in [0.1, 0.15) is 5.82 Å². The average molecular weight is 430 g/mol. The zero-order valence-corrected chi connectivity index (χ0v) is 16.1. The van der Waals surface area contributed by atoms with Crippen molar-refractivity contribution in [1.82, 2.24) is 15.0 Å². The molecule has 0 bridgehead atoms. The molecule has 3 heterocycles. The van der Waals surface area contributed by atoms with Crippen molar-refractivity contribution < 1.29 is 0 Å². The van der Waals surface area contributed by atoms with Gasteiger partial charge in [0.25, 0.3) is 5.56 Å². The largest absolute Gasteiger partial charge is 0.309 e. The molecule has 0 fully saturated rings. The molecule has 0 aliphatic rings. The molecule has 7 heteroatoms. The summed E-state index contributed by atoms with van der Waals surface area (Å²) in [5.74, 6) is 1.24. The number of hydrogen-bond donors (Lipinski definition) is 1. The van der Waals surface area contributed by atoms with E-state index in [1.54, 1.807) is 18.0 Å². The zero-order chi connectivity index (χ0) is 17.2. The first-order chi connectivity index (χ1) is 12.2. The first-order valence-electron chi connectivity index (χ1n) is 7.51. The van der Waals surface area contributed by atoms with Gasteiger partial charge in [0.1, 0.15) is 10.7 Å². The number of halogens is 1. The van der Waals surface area contributed by atoms with Gasteiger partial charge in [0.2, 0.25) is 0 Å². The van der Waals surface area contributed by atoms with Crippen molar-refractivity contribution in [3.05, 3.63) is 74.7 Å². The highest BCUT2D eigenvalue weighted by molar-refractivity contribution is 9.10. The Kier molecular flexibility index (Phi) is 4.70. The molecule has 0 atom stereocenters. The van der Waals surface area contributed by atoms with Crippen molar-refractivity contribution in [3.8, 4) is 11.1 Å². The number of thiophene rings is 1. The Morgan fingerprint density at radius 3 is 2.76 bits per heavy atom. The predicted octanol–water partition coefficient (Wildman–Crippen LogP) is 5.10. The van der Waals surface area contributed by atoms with Gasteiger partial charge in [-0.25, -0.2) is 9.97 Å². The fourth-order valence-electron chi connectivity index (χ4n) is 2.48. The van der Waals surface area contributed by atoms with E-state index in [1.165, 1.54) is 11.3 Å². The number of rotatable bonds is 4. The molecule has 0 unspecified atom stereocenters. The summed E-state index contributed by atoms with van der Waals surface area (Å²) in [4.78, 5) is 25.2. The summed E-state index contributed by atoms with van der Waals surface area (Å²) >= 11 is 6.48. The lowest BCUT2D eigenvalue weighted by atomic mass is 10.1. The summed E-state index contributed by atoms with van der Waals surface area (Å²) in [6.45, 7) is 0. The number of pyridine rings is 1. The second kappa shape index (κ2) is 7.11. The van der Waals surface area contributed by atoms with Gasteiger partial charge in [0.05, 0.1) is 16.2 Å². The second-order valence-electron chi connectivity index (χ2n) is 5.31. The number of nitrogens with zero attached hydrogens (tertiary/aromatic N) is 2. The van der Waals surface area contributed by atoms with Crippen LogP contribution in [0, 0.1) is 0 Å². The van der Waals surface area contributed by atoms with E-state index in [0.29, 0.717) is 17.0 Å². The molecular weight excluding hydrogens is 418 g/mol. The molecular formula is C18H12BrN3OS2. The molecule has 1 N–H and O–H groups in total. The molecule has 1 aromatic carbocycles. The fourth-order valence-corrected chi connectivity index (χ4v) is 4.44. The molecule has 25 heavy (non-hydrogen) atoms. The molecule has 0 radical (unpaired) electrons. The van der Waals surface area contributed by atoms with Gasteiger partial charge in [-0.3, -0.25) is 4.79 Å². The minimum absolute atomic E-state index is 0.0965. The lowest BCUT2D eigenvalue weighted by Crippen LogP contribution is -2.10. The maximum Gasteiger partial charge on any atom is 0.260 e. The third kappa shape index (κ3) is 3.53. The van der Waals surface area contributed by atoms with Gasteiger partial charge in [-0.15, -0.1) is 11.3 Å². The smallest absolute Gasteiger partial charge is 0.260 e. The monoisotopic (exact) mass is 429 g/mol. The molecule has 0 saturated heterocycles. The third-order valence-electron chi connectivity index (χ3n) is 3.64. The minimum Gasteiger partial charge on any atom is -0.309 e. The van der Waals surface area contributed by atoms with Crippen LogP contribution in [0.5, 0.6) is 0 Å². The maximum absolute atomic E-state index is 12.6. The molecule has 0 aliphatic heterocycles. The van der Waals surface area contributed by atoms with E-state index < -0.39 is 0 Å². The average Bonchev–Trinajstić information content (AvgIpc) is 3.06. The van der Waals surface area contributed by atoms with Crippen LogP contribution in [0.15, 0.2) is 68.3 Å². The SMILES string of the molecule is O=c1[nH]c(CSc2ccccn2)nc2scc(-c3ccc(Br)cc3)c12. The van der Waals surface area contributed by atoms with Crippen molar-refractivity contribution in [2.75, 3.05) is 0 Å². The standard InChI is InChI=1S/C18H12BrN3OS2/c19-12-6-4-11(5-7-12)13-9-25-18-16(13)17(23)21-14(22-18)10-24-15-3-1-2-8-20-15/h1-9H,10H2,(H,21,22,23). The summed E-state index contributed by atoms with van der Waals surface area (Å²) in [7, 11) is 0. The first kappa shape index (κ1) is 16.5. The van der Waals surface area contributed by atoms with Gasteiger partial charge in [0, 0.05) is 21.6 Å². The summed E-state index contributed by atoms with van der Waals surface area (Å²) in [5.41, 5.74) is 1.84. The fraction of sp³-hybridized carbons (Fsp3) is 0.0556. The summed E-state index contributed by atoms with van der Waals surface area (Å²) in [6, 6.07) is 13.7. The first-order valence-corrected chi connectivity index (χ1v) is 10.2. The van der Waals surface area contributed by atoms with Crippen LogP contribution in [-0.4, -0.2) is 15.0 Å². The van der Waals surface area contributed by atoms with Crippen molar-refractivity contribution in [1.29, 1.82) is 0 Å². The second-order valence-corrected chi connectivity index (χ2v) is 8.08. The molecule has 0 saturated carbocycles. The van der Waals surface area contributed by atoms with Gasteiger partial charge in [-0.1, -0.05) is 45.9 Å². The molecule has 124 valence electrons. The van der Waals surface area contributed by atoms with Gasteiger partial charge in [-0.05, 0) is 29.8 Å². The number of fused-ring (bicyclic) bond motifs is 1. The molecule has 0 amide bonds. The summed E-state index contributed by atoms with van der Waals surface area (Å²) in [6.07, 6.45) is 1.76. The molecule has 4 rings (SSSR count). The van der Waals surface area contributed by atoms with Crippen molar-refractivity contribution in [2.45, 2.75) is 10.8 Å². The van der Waals surface area contributed by atoms with E-state index in [2.05, 4.69) is 30.9 Å². The Balaban J connectivity index is 1.67. The topological polar surface area (TPSA) is 58.6 Å². The Bertz CT molecular complexity index is 1080. The van der Waals surface area contributed by atoms with Gasteiger partial charge in [-0.2, -0.15) is 0 Å². The number of aromatic nitrogens is 3. The van der Waals surface area contributed by atoms with Gasteiger partial charge < -0.3 is 4.98 Å². The number of hydrogen-bond acceptors (Lipinski definition) is 5. The van der Waals surface area contributed by atoms with E-state index in [1.807, 2.05) is 47.8 Å². The van der Waals surface area contributed by atoms with Crippen LogP contribution < -0.4 is 5.56 Å². The predicted molar refractivity (Wildman–Crippen MR) is 107 cm³/mol. The number of aromatic amines is 1. The van der Waals surface area contributed by atoms with Crippen molar-refractivity contribution >= 4 is 49.2 Å². The Hall–Kier alpha value is -1.96. The van der Waals surface area contributed by atoms with Crippen molar-refractivity contribution in [2.24, 2.45) is 0 Å². The zero-order valence-electron chi connectivity index (χ0n) is 12.9. The number of thioether (sulfide) groups is 1. The highest BCUT2D eigenvalue weighted by Crippen LogP contribution is 2.31. The molecule has 4 nitrogen and oxygen atoms in total. The minimum atomic E-state index is -0.0965. The van der Waals surface area contributed by atoms with E-state index in [0.717, 1.165) is 25.5 Å². The van der Waals surface area contributed by atoms with Gasteiger partial charge >= 0.3 is 0 Å². The normalized spacial score (nSPS) is 11.1. The molecule has 3 aromatic heterocycles. The van der Waals surface area contributed by atoms with Crippen LogP contribution in [-0.2, 0) is 5.75 Å². The van der Waals surface area contributed by atoms with Crippen molar-refractivity contribution in [3.63, 3.8) is 0 Å². The van der Waals surface area contributed by atoms with Crippen LogP contribution in [0.25, 0.3) is 21.3 Å².